The highest BCUT2D eigenvalue weighted by molar-refractivity contribution is 5.70. The maximum Gasteiger partial charge on any atom is 0.308 e. The molecular weight excluding hydrogens is 242 g/mol. The predicted octanol–water partition coefficient (Wildman–Crippen LogP) is 2.22. The molecule has 5 nitrogen and oxygen atoms in total. The fraction of sp³-hybridized carbons (Fsp3) is 0.786. The molecule has 1 aromatic heterocycles. The van der Waals surface area contributed by atoms with Crippen molar-refractivity contribution in [1.29, 1.82) is 0 Å². The average Bonchev–Trinajstić information content (AvgIpc) is 2.90. The average molecular weight is 263 g/mol. The van der Waals surface area contributed by atoms with Crippen LogP contribution in [0.1, 0.15) is 57.1 Å². The Morgan fingerprint density at radius 2 is 2.16 bits per heavy atom. The largest absolute Gasteiger partial charge is 0.481 e. The molecule has 2 aliphatic rings. The van der Waals surface area contributed by atoms with Gasteiger partial charge in [0.05, 0.1) is 5.92 Å². The molecule has 2 unspecified atom stereocenters. The number of carboxylic acids is 1. The van der Waals surface area contributed by atoms with Crippen molar-refractivity contribution in [3.05, 3.63) is 11.6 Å². The molecule has 0 radical (unpaired) electrons. The van der Waals surface area contributed by atoms with E-state index in [2.05, 4.69) is 28.6 Å². The predicted molar refractivity (Wildman–Crippen MR) is 69.8 cm³/mol. The van der Waals surface area contributed by atoms with Gasteiger partial charge in [-0.1, -0.05) is 20.3 Å². The number of carboxylic acid groups (broad SMARTS) is 1. The molecule has 1 aliphatic heterocycles. The van der Waals surface area contributed by atoms with Crippen LogP contribution < -0.4 is 0 Å². The number of nitrogens with zero attached hydrogens (tertiary/aromatic N) is 3. The second-order valence-corrected chi connectivity index (χ2v) is 6.59. The van der Waals surface area contributed by atoms with Gasteiger partial charge in [0.2, 0.25) is 0 Å². The quantitative estimate of drug-likeness (QED) is 0.888. The first kappa shape index (κ1) is 12.6. The van der Waals surface area contributed by atoms with Gasteiger partial charge < -0.3 is 9.67 Å². The van der Waals surface area contributed by atoms with Crippen LogP contribution >= 0.6 is 0 Å². The minimum absolute atomic E-state index is 0.250. The van der Waals surface area contributed by atoms with Crippen LogP contribution in [0.25, 0.3) is 0 Å². The molecule has 2 atom stereocenters. The number of aliphatic carboxylic acids is 1. The van der Waals surface area contributed by atoms with Crippen LogP contribution in [0, 0.1) is 11.3 Å². The van der Waals surface area contributed by atoms with E-state index in [1.807, 2.05) is 0 Å². The Bertz CT molecular complexity index is 507. The normalized spacial score (nSPS) is 29.2. The van der Waals surface area contributed by atoms with E-state index in [9.17, 15) is 9.90 Å². The van der Waals surface area contributed by atoms with Crippen LogP contribution in [0.5, 0.6) is 0 Å². The molecule has 19 heavy (non-hydrogen) atoms. The number of aryl methyl sites for hydroxylation is 1. The van der Waals surface area contributed by atoms with Gasteiger partial charge in [-0.25, -0.2) is 0 Å². The lowest BCUT2D eigenvalue weighted by atomic mass is 9.81. The molecule has 0 aromatic carbocycles. The summed E-state index contributed by atoms with van der Waals surface area (Å²) in [5.41, 5.74) is 0.250. The van der Waals surface area contributed by atoms with Gasteiger partial charge in [-0.2, -0.15) is 0 Å². The second kappa shape index (κ2) is 4.32. The van der Waals surface area contributed by atoms with E-state index in [4.69, 9.17) is 0 Å². The molecule has 1 aromatic rings. The third-order valence-electron chi connectivity index (χ3n) is 4.89. The lowest BCUT2D eigenvalue weighted by Crippen LogP contribution is -2.29. The molecule has 1 aliphatic carbocycles. The van der Waals surface area contributed by atoms with Crippen molar-refractivity contribution in [2.24, 2.45) is 11.3 Å². The van der Waals surface area contributed by atoms with Gasteiger partial charge in [0.1, 0.15) is 11.6 Å². The Kier molecular flexibility index (Phi) is 2.87. The summed E-state index contributed by atoms with van der Waals surface area (Å²) in [6.07, 6.45) is 4.99. The van der Waals surface area contributed by atoms with Crippen LogP contribution in [-0.4, -0.2) is 25.8 Å². The smallest absolute Gasteiger partial charge is 0.308 e. The zero-order chi connectivity index (χ0) is 13.6. The minimum atomic E-state index is -0.698. The highest BCUT2D eigenvalue weighted by Gasteiger charge is 2.40. The summed E-state index contributed by atoms with van der Waals surface area (Å²) >= 11 is 0. The van der Waals surface area contributed by atoms with E-state index in [-0.39, 0.29) is 11.3 Å². The molecule has 104 valence electrons. The number of aromatic nitrogens is 3. The second-order valence-electron chi connectivity index (χ2n) is 6.59. The summed E-state index contributed by atoms with van der Waals surface area (Å²) in [4.78, 5) is 11.2. The van der Waals surface area contributed by atoms with Gasteiger partial charge in [0.25, 0.3) is 0 Å². The first-order valence-corrected chi connectivity index (χ1v) is 7.14. The molecule has 1 saturated carbocycles. The summed E-state index contributed by atoms with van der Waals surface area (Å²) in [6.45, 7) is 5.10. The van der Waals surface area contributed by atoms with Gasteiger partial charge in [-0.3, -0.25) is 4.79 Å². The molecule has 1 fully saturated rings. The third kappa shape index (κ3) is 2.05. The molecule has 0 spiro atoms. The molecule has 1 N–H and O–H groups in total. The first-order valence-electron chi connectivity index (χ1n) is 7.14. The van der Waals surface area contributed by atoms with Crippen molar-refractivity contribution in [3.8, 4) is 0 Å². The van der Waals surface area contributed by atoms with Crippen LogP contribution in [-0.2, 0) is 17.8 Å². The summed E-state index contributed by atoms with van der Waals surface area (Å²) in [5.74, 6) is 1.42. The number of rotatable bonds is 2. The topological polar surface area (TPSA) is 68.0 Å². The number of carbonyl (C=O) groups is 1. The van der Waals surface area contributed by atoms with Crippen molar-refractivity contribution >= 4 is 5.97 Å². The maximum absolute atomic E-state index is 11.2. The van der Waals surface area contributed by atoms with Gasteiger partial charge >= 0.3 is 5.97 Å². The van der Waals surface area contributed by atoms with Gasteiger partial charge in [-0.15, -0.1) is 10.2 Å². The highest BCUT2D eigenvalue weighted by atomic mass is 16.4. The van der Waals surface area contributed by atoms with Crippen LogP contribution in [0.4, 0.5) is 0 Å². The van der Waals surface area contributed by atoms with E-state index < -0.39 is 5.97 Å². The summed E-state index contributed by atoms with van der Waals surface area (Å²) in [5, 5.41) is 17.9. The maximum atomic E-state index is 11.2. The van der Waals surface area contributed by atoms with Gasteiger partial charge in [0, 0.05) is 18.9 Å². The van der Waals surface area contributed by atoms with Crippen molar-refractivity contribution in [2.75, 3.05) is 0 Å². The fourth-order valence-electron chi connectivity index (χ4n) is 3.61. The Labute approximate surface area is 113 Å². The minimum Gasteiger partial charge on any atom is -0.481 e. The molecule has 5 heteroatoms. The summed E-state index contributed by atoms with van der Waals surface area (Å²) < 4.78 is 2.08. The molecule has 3 rings (SSSR count). The lowest BCUT2D eigenvalue weighted by molar-refractivity contribution is -0.142. The summed E-state index contributed by atoms with van der Waals surface area (Å²) in [7, 11) is 0. The molecular formula is C14H21N3O2. The Balaban J connectivity index is 1.93. The standard InChI is InChI=1S/C14H21N3O2/c1-14(2)7-3-4-10(14)12-16-15-11-6-5-9(13(18)19)8-17(11)12/h9-10H,3-8H2,1-2H3,(H,18,19). The molecule has 0 saturated heterocycles. The van der Waals surface area contributed by atoms with E-state index in [0.717, 1.165) is 24.5 Å². The van der Waals surface area contributed by atoms with Crippen molar-refractivity contribution in [2.45, 2.75) is 58.4 Å². The Morgan fingerprint density at radius 1 is 1.37 bits per heavy atom. The molecule has 0 amide bonds. The number of hydrogen-bond donors (Lipinski definition) is 1. The lowest BCUT2D eigenvalue weighted by Gasteiger charge is -2.28. The van der Waals surface area contributed by atoms with E-state index in [0.29, 0.717) is 18.9 Å². The van der Waals surface area contributed by atoms with E-state index in [1.54, 1.807) is 0 Å². The van der Waals surface area contributed by atoms with Crippen molar-refractivity contribution in [1.82, 2.24) is 14.8 Å². The first-order chi connectivity index (χ1) is 8.99. The Morgan fingerprint density at radius 3 is 2.79 bits per heavy atom. The third-order valence-corrected chi connectivity index (χ3v) is 4.89. The zero-order valence-corrected chi connectivity index (χ0v) is 11.6. The van der Waals surface area contributed by atoms with Crippen molar-refractivity contribution in [3.63, 3.8) is 0 Å². The number of hydrogen-bond acceptors (Lipinski definition) is 3. The van der Waals surface area contributed by atoms with Crippen molar-refractivity contribution < 1.29 is 9.90 Å². The monoisotopic (exact) mass is 263 g/mol. The fourth-order valence-corrected chi connectivity index (χ4v) is 3.61. The van der Waals surface area contributed by atoms with Gasteiger partial charge in [-0.05, 0) is 24.7 Å². The van der Waals surface area contributed by atoms with E-state index in [1.165, 1.54) is 12.8 Å². The van der Waals surface area contributed by atoms with Crippen LogP contribution in [0.3, 0.4) is 0 Å². The highest BCUT2D eigenvalue weighted by Crippen LogP contribution is 2.48. The SMILES string of the molecule is CC1(C)CCCC1c1nnc2n1CC(C(=O)O)CC2. The van der Waals surface area contributed by atoms with Gasteiger partial charge in [0.15, 0.2) is 0 Å². The number of fused-ring (bicyclic) bond motifs is 1. The molecule has 0 bridgehead atoms. The van der Waals surface area contributed by atoms with Crippen LogP contribution in [0.15, 0.2) is 0 Å². The molecule has 2 heterocycles. The Hall–Kier alpha value is -1.39. The van der Waals surface area contributed by atoms with Crippen LogP contribution in [0.2, 0.25) is 0 Å². The zero-order valence-electron chi connectivity index (χ0n) is 11.6. The summed E-state index contributed by atoms with van der Waals surface area (Å²) in [6, 6.07) is 0. The van der Waals surface area contributed by atoms with E-state index >= 15 is 0 Å².